The predicted molar refractivity (Wildman–Crippen MR) is 85.7 cm³/mol. The number of hydrogen-bond acceptors (Lipinski definition) is 5. The van der Waals surface area contributed by atoms with Crippen LogP contribution in [0.1, 0.15) is 39.5 Å². The number of piperidine rings is 2. The molecule has 3 aliphatic heterocycles. The Morgan fingerprint density at radius 1 is 1.05 bits per heavy atom. The second-order valence-corrected chi connectivity index (χ2v) is 7.59. The van der Waals surface area contributed by atoms with Crippen molar-refractivity contribution in [2.75, 3.05) is 45.9 Å². The Kier molecular flexibility index (Phi) is 5.40. The molecule has 128 valence electrons. The van der Waals surface area contributed by atoms with Crippen molar-refractivity contribution >= 4 is 0 Å². The normalized spacial score (nSPS) is 32.6. The van der Waals surface area contributed by atoms with Gasteiger partial charge in [0, 0.05) is 39.0 Å². The highest BCUT2D eigenvalue weighted by atomic mass is 16.7. The van der Waals surface area contributed by atoms with Gasteiger partial charge in [-0.25, -0.2) is 0 Å². The Balaban J connectivity index is 1.37. The van der Waals surface area contributed by atoms with E-state index in [-0.39, 0.29) is 18.0 Å². The van der Waals surface area contributed by atoms with Gasteiger partial charge >= 0.3 is 0 Å². The first-order valence-corrected chi connectivity index (χ1v) is 8.99. The van der Waals surface area contributed by atoms with Crippen LogP contribution in [0, 0.1) is 5.92 Å². The lowest BCUT2D eigenvalue weighted by Gasteiger charge is -2.39. The Morgan fingerprint density at radius 2 is 1.64 bits per heavy atom. The predicted octanol–water partition coefficient (Wildman–Crippen LogP) is 1.31. The van der Waals surface area contributed by atoms with E-state index in [1.807, 2.05) is 0 Å². The summed E-state index contributed by atoms with van der Waals surface area (Å²) in [6, 6.07) is 0. The van der Waals surface area contributed by atoms with E-state index in [1.165, 1.54) is 12.8 Å². The Morgan fingerprint density at radius 3 is 2.18 bits per heavy atom. The molecular weight excluding hydrogens is 280 g/mol. The molecule has 0 radical (unpaired) electrons. The smallest absolute Gasteiger partial charge is 0.171 e. The molecule has 3 rings (SSSR count). The summed E-state index contributed by atoms with van der Waals surface area (Å²) in [7, 11) is 0. The van der Waals surface area contributed by atoms with Crippen LogP contribution in [0.25, 0.3) is 0 Å². The highest BCUT2D eigenvalue weighted by molar-refractivity contribution is 4.85. The molecule has 2 unspecified atom stereocenters. The van der Waals surface area contributed by atoms with Crippen molar-refractivity contribution in [1.82, 2.24) is 9.80 Å². The highest BCUT2D eigenvalue weighted by Gasteiger charge is 2.42. The summed E-state index contributed by atoms with van der Waals surface area (Å²) in [5.74, 6) is 0.518. The summed E-state index contributed by atoms with van der Waals surface area (Å²) in [6.45, 7) is 10.9. The van der Waals surface area contributed by atoms with Crippen LogP contribution in [0.2, 0.25) is 0 Å². The van der Waals surface area contributed by atoms with Gasteiger partial charge in [0.25, 0.3) is 0 Å². The summed E-state index contributed by atoms with van der Waals surface area (Å²) in [5.41, 5.74) is 0. The Bertz CT molecular complexity index is 350. The van der Waals surface area contributed by atoms with Crippen molar-refractivity contribution in [3.63, 3.8) is 0 Å². The second-order valence-electron chi connectivity index (χ2n) is 7.59. The van der Waals surface area contributed by atoms with Gasteiger partial charge in [-0.3, -0.25) is 0 Å². The van der Waals surface area contributed by atoms with Crippen molar-refractivity contribution in [1.29, 1.82) is 0 Å². The van der Waals surface area contributed by atoms with Crippen LogP contribution in [0.3, 0.4) is 0 Å². The lowest BCUT2D eigenvalue weighted by molar-refractivity contribution is -0.194. The van der Waals surface area contributed by atoms with E-state index < -0.39 is 0 Å². The minimum Gasteiger partial charge on any atom is -0.390 e. The number of β-amino-alcohol motifs (C(OH)–C–C–N with tert-alkyl or cyclic N) is 1. The number of ether oxygens (including phenoxy) is 2. The molecule has 3 fully saturated rings. The molecule has 3 saturated heterocycles. The van der Waals surface area contributed by atoms with Gasteiger partial charge in [-0.2, -0.15) is 0 Å². The first kappa shape index (κ1) is 16.7. The number of hydrogen-bond donors (Lipinski definition) is 1. The van der Waals surface area contributed by atoms with Crippen LogP contribution in [0.15, 0.2) is 0 Å². The lowest BCUT2D eigenvalue weighted by atomic mass is 9.99. The average Bonchev–Trinajstić information content (AvgIpc) is 2.85. The Labute approximate surface area is 134 Å². The van der Waals surface area contributed by atoms with Crippen LogP contribution in [-0.4, -0.2) is 78.8 Å². The minimum atomic E-state index is -0.329. The lowest BCUT2D eigenvalue weighted by Crippen LogP contribution is -2.49. The van der Waals surface area contributed by atoms with Gasteiger partial charge in [-0.05, 0) is 38.8 Å². The maximum atomic E-state index is 10.4. The topological polar surface area (TPSA) is 45.2 Å². The van der Waals surface area contributed by atoms with Gasteiger partial charge < -0.3 is 24.4 Å². The molecule has 22 heavy (non-hydrogen) atoms. The molecule has 3 aliphatic rings. The quantitative estimate of drug-likeness (QED) is 0.848. The number of rotatable bonds is 4. The molecule has 0 aromatic carbocycles. The standard InChI is InChI=1S/C17H32N2O3/c1-14-3-7-18(8-4-14)11-16(20)12-19-9-5-17(6-10-19)21-13-15(2)22-17/h14-16,20H,3-13H2,1-2H3. The van der Waals surface area contributed by atoms with Gasteiger partial charge in [0.05, 0.1) is 18.8 Å². The van der Waals surface area contributed by atoms with Crippen molar-refractivity contribution in [2.45, 2.75) is 57.5 Å². The van der Waals surface area contributed by atoms with E-state index in [0.29, 0.717) is 0 Å². The second kappa shape index (κ2) is 7.14. The monoisotopic (exact) mass is 312 g/mol. The number of likely N-dealkylation sites (tertiary alicyclic amines) is 2. The molecular formula is C17H32N2O3. The van der Waals surface area contributed by atoms with Crippen molar-refractivity contribution < 1.29 is 14.6 Å². The first-order valence-electron chi connectivity index (χ1n) is 8.99. The molecule has 2 atom stereocenters. The molecule has 0 aromatic heterocycles. The molecule has 0 bridgehead atoms. The van der Waals surface area contributed by atoms with Crippen molar-refractivity contribution in [3.8, 4) is 0 Å². The van der Waals surface area contributed by atoms with E-state index in [9.17, 15) is 5.11 Å². The van der Waals surface area contributed by atoms with E-state index in [2.05, 4.69) is 23.6 Å². The third-order valence-corrected chi connectivity index (χ3v) is 5.43. The van der Waals surface area contributed by atoms with E-state index in [1.54, 1.807) is 0 Å². The zero-order chi connectivity index (χ0) is 15.6. The van der Waals surface area contributed by atoms with Crippen LogP contribution < -0.4 is 0 Å². The summed E-state index contributed by atoms with van der Waals surface area (Å²) in [4.78, 5) is 4.78. The number of aliphatic hydroxyl groups excluding tert-OH is 1. The van der Waals surface area contributed by atoms with E-state index >= 15 is 0 Å². The van der Waals surface area contributed by atoms with Gasteiger partial charge in [-0.1, -0.05) is 6.92 Å². The van der Waals surface area contributed by atoms with Gasteiger partial charge in [0.1, 0.15) is 0 Å². The van der Waals surface area contributed by atoms with Crippen LogP contribution in [-0.2, 0) is 9.47 Å². The average molecular weight is 312 g/mol. The molecule has 0 saturated carbocycles. The van der Waals surface area contributed by atoms with Gasteiger partial charge in [0.15, 0.2) is 5.79 Å². The molecule has 3 heterocycles. The summed E-state index contributed by atoms with van der Waals surface area (Å²) in [5, 5.41) is 10.4. The van der Waals surface area contributed by atoms with Gasteiger partial charge in [0.2, 0.25) is 0 Å². The summed E-state index contributed by atoms with van der Waals surface area (Å²) >= 11 is 0. The maximum absolute atomic E-state index is 10.4. The first-order chi connectivity index (χ1) is 10.5. The molecule has 1 spiro atoms. The highest BCUT2D eigenvalue weighted by Crippen LogP contribution is 2.33. The third-order valence-electron chi connectivity index (χ3n) is 5.43. The molecule has 0 amide bonds. The van der Waals surface area contributed by atoms with Crippen molar-refractivity contribution in [2.24, 2.45) is 5.92 Å². The third kappa shape index (κ3) is 4.20. The molecule has 1 N–H and O–H groups in total. The zero-order valence-electron chi connectivity index (χ0n) is 14.2. The Hall–Kier alpha value is -0.200. The number of nitrogens with zero attached hydrogens (tertiary/aromatic N) is 2. The van der Waals surface area contributed by atoms with Crippen LogP contribution in [0.5, 0.6) is 0 Å². The van der Waals surface area contributed by atoms with E-state index in [4.69, 9.17) is 9.47 Å². The number of aliphatic hydroxyl groups is 1. The SMILES string of the molecule is CC1CCN(CC(O)CN2CCC3(CC2)OCC(C)O3)CC1. The van der Waals surface area contributed by atoms with Crippen LogP contribution >= 0.6 is 0 Å². The fraction of sp³-hybridized carbons (Fsp3) is 1.00. The molecule has 0 aliphatic carbocycles. The maximum Gasteiger partial charge on any atom is 0.171 e. The zero-order valence-corrected chi connectivity index (χ0v) is 14.2. The fourth-order valence-electron chi connectivity index (χ4n) is 3.94. The molecule has 5 heteroatoms. The summed E-state index contributed by atoms with van der Waals surface area (Å²) < 4.78 is 11.8. The fourth-order valence-corrected chi connectivity index (χ4v) is 3.94. The molecule has 5 nitrogen and oxygen atoms in total. The minimum absolute atomic E-state index is 0.221. The summed E-state index contributed by atoms with van der Waals surface area (Å²) in [6.07, 6.45) is 4.36. The van der Waals surface area contributed by atoms with Crippen LogP contribution in [0.4, 0.5) is 0 Å². The van der Waals surface area contributed by atoms with Crippen molar-refractivity contribution in [3.05, 3.63) is 0 Å². The largest absolute Gasteiger partial charge is 0.390 e. The molecule has 0 aromatic rings. The van der Waals surface area contributed by atoms with E-state index in [0.717, 1.165) is 64.6 Å². The van der Waals surface area contributed by atoms with Gasteiger partial charge in [-0.15, -0.1) is 0 Å².